The molecule has 0 amide bonds. The zero-order valence-corrected chi connectivity index (χ0v) is 9.74. The minimum absolute atomic E-state index is 0.696. The fraction of sp³-hybridized carbons (Fsp3) is 0. The predicted molar refractivity (Wildman–Crippen MR) is 71.6 cm³/mol. The summed E-state index contributed by atoms with van der Waals surface area (Å²) < 4.78 is 1.15. The number of rotatable bonds is 2. The van der Waals surface area contributed by atoms with Gasteiger partial charge < -0.3 is 11.1 Å². The maximum absolute atomic E-state index is 5.70. The average molecular weight is 242 g/mol. The van der Waals surface area contributed by atoms with Crippen molar-refractivity contribution >= 4 is 38.7 Å². The first-order valence-electron chi connectivity index (χ1n) is 5.13. The smallest absolute Gasteiger partial charge is 0.132 e. The summed E-state index contributed by atoms with van der Waals surface area (Å²) in [4.78, 5) is 8.44. The highest BCUT2D eigenvalue weighted by atomic mass is 32.1. The molecule has 0 saturated heterocycles. The van der Waals surface area contributed by atoms with Gasteiger partial charge in [-0.15, -0.1) is 11.3 Å². The number of nitrogens with zero attached hydrogens (tertiary/aromatic N) is 2. The SMILES string of the molecule is Nc1ccnc(Nc2ccc3ncsc3c2)c1. The molecule has 0 radical (unpaired) electrons. The number of nitrogens with two attached hydrogens (primary N) is 1. The van der Waals surface area contributed by atoms with Gasteiger partial charge in [-0.1, -0.05) is 0 Å². The van der Waals surface area contributed by atoms with Crippen molar-refractivity contribution < 1.29 is 0 Å². The van der Waals surface area contributed by atoms with E-state index in [-0.39, 0.29) is 0 Å². The van der Waals surface area contributed by atoms with Crippen molar-refractivity contribution in [2.24, 2.45) is 0 Å². The van der Waals surface area contributed by atoms with Crippen LogP contribution >= 0.6 is 11.3 Å². The molecule has 0 atom stereocenters. The Kier molecular flexibility index (Phi) is 2.38. The van der Waals surface area contributed by atoms with E-state index in [1.807, 2.05) is 17.6 Å². The molecule has 0 unspecified atom stereocenters. The van der Waals surface area contributed by atoms with Gasteiger partial charge in [-0.25, -0.2) is 9.97 Å². The van der Waals surface area contributed by atoms with Gasteiger partial charge in [0, 0.05) is 23.6 Å². The van der Waals surface area contributed by atoms with Crippen LogP contribution in [0.5, 0.6) is 0 Å². The lowest BCUT2D eigenvalue weighted by molar-refractivity contribution is 1.31. The minimum Gasteiger partial charge on any atom is -0.399 e. The number of aromatic nitrogens is 2. The molecular weight excluding hydrogens is 232 g/mol. The molecule has 2 aromatic heterocycles. The Balaban J connectivity index is 1.94. The van der Waals surface area contributed by atoms with Crippen LogP contribution in [0.2, 0.25) is 0 Å². The quantitative estimate of drug-likeness (QED) is 0.725. The van der Waals surface area contributed by atoms with Gasteiger partial charge in [-0.05, 0) is 24.3 Å². The van der Waals surface area contributed by atoms with Crippen molar-refractivity contribution in [1.82, 2.24) is 9.97 Å². The molecule has 1 aromatic carbocycles. The van der Waals surface area contributed by atoms with Crippen LogP contribution in [-0.4, -0.2) is 9.97 Å². The van der Waals surface area contributed by atoms with E-state index in [2.05, 4.69) is 21.4 Å². The monoisotopic (exact) mass is 242 g/mol. The molecule has 0 saturated carbocycles. The summed E-state index contributed by atoms with van der Waals surface area (Å²) in [5, 5.41) is 3.21. The fourth-order valence-electron chi connectivity index (χ4n) is 1.60. The number of anilines is 3. The van der Waals surface area contributed by atoms with Crippen LogP contribution in [0.15, 0.2) is 42.0 Å². The highest BCUT2D eigenvalue weighted by molar-refractivity contribution is 7.16. The number of fused-ring (bicyclic) bond motifs is 1. The molecule has 0 aliphatic heterocycles. The van der Waals surface area contributed by atoms with E-state index in [1.165, 1.54) is 0 Å². The van der Waals surface area contributed by atoms with Crippen LogP contribution < -0.4 is 11.1 Å². The molecule has 0 fully saturated rings. The van der Waals surface area contributed by atoms with Crippen molar-refractivity contribution in [3.63, 3.8) is 0 Å². The summed E-state index contributed by atoms with van der Waals surface area (Å²) in [7, 11) is 0. The largest absolute Gasteiger partial charge is 0.399 e. The lowest BCUT2D eigenvalue weighted by atomic mass is 10.3. The Morgan fingerprint density at radius 3 is 2.94 bits per heavy atom. The zero-order valence-electron chi connectivity index (χ0n) is 8.92. The summed E-state index contributed by atoms with van der Waals surface area (Å²) >= 11 is 1.62. The molecule has 17 heavy (non-hydrogen) atoms. The first-order valence-corrected chi connectivity index (χ1v) is 6.01. The van der Waals surface area contributed by atoms with E-state index < -0.39 is 0 Å². The molecule has 3 rings (SSSR count). The number of benzene rings is 1. The van der Waals surface area contributed by atoms with Crippen molar-refractivity contribution in [3.8, 4) is 0 Å². The number of hydrogen-bond acceptors (Lipinski definition) is 5. The summed E-state index contributed by atoms with van der Waals surface area (Å²) in [5.41, 5.74) is 10.2. The molecule has 4 nitrogen and oxygen atoms in total. The minimum atomic E-state index is 0.696. The van der Waals surface area contributed by atoms with Crippen LogP contribution in [0.3, 0.4) is 0 Å². The van der Waals surface area contributed by atoms with E-state index in [0.717, 1.165) is 21.7 Å². The molecule has 5 heteroatoms. The Bertz CT molecular complexity index is 662. The lowest BCUT2D eigenvalue weighted by Crippen LogP contribution is -1.94. The Labute approximate surface area is 102 Å². The number of thiazole rings is 1. The number of nitrogen functional groups attached to an aromatic ring is 1. The number of nitrogens with one attached hydrogen (secondary N) is 1. The summed E-state index contributed by atoms with van der Waals surface area (Å²) in [5.74, 6) is 0.744. The van der Waals surface area contributed by atoms with Gasteiger partial charge in [-0.3, -0.25) is 0 Å². The van der Waals surface area contributed by atoms with Crippen LogP contribution in [0.4, 0.5) is 17.2 Å². The van der Waals surface area contributed by atoms with Gasteiger partial charge in [-0.2, -0.15) is 0 Å². The second-order valence-corrected chi connectivity index (χ2v) is 4.52. The molecule has 0 aliphatic carbocycles. The van der Waals surface area contributed by atoms with E-state index in [1.54, 1.807) is 29.7 Å². The van der Waals surface area contributed by atoms with Crippen molar-refractivity contribution in [2.75, 3.05) is 11.1 Å². The highest BCUT2D eigenvalue weighted by Crippen LogP contribution is 2.24. The van der Waals surface area contributed by atoms with Gasteiger partial charge in [0.15, 0.2) is 0 Å². The molecule has 3 N–H and O–H groups in total. The van der Waals surface area contributed by atoms with E-state index in [0.29, 0.717) is 5.69 Å². The zero-order chi connectivity index (χ0) is 11.7. The topological polar surface area (TPSA) is 63.8 Å². The van der Waals surface area contributed by atoms with E-state index in [4.69, 9.17) is 5.73 Å². The second kappa shape index (κ2) is 4.03. The van der Waals surface area contributed by atoms with Crippen LogP contribution in [0.1, 0.15) is 0 Å². The van der Waals surface area contributed by atoms with Crippen LogP contribution in [-0.2, 0) is 0 Å². The number of hydrogen-bond donors (Lipinski definition) is 2. The lowest BCUT2D eigenvalue weighted by Gasteiger charge is -2.05. The second-order valence-electron chi connectivity index (χ2n) is 3.63. The third-order valence-corrected chi connectivity index (χ3v) is 3.18. The Morgan fingerprint density at radius 1 is 1.12 bits per heavy atom. The normalized spacial score (nSPS) is 10.6. The third-order valence-electron chi connectivity index (χ3n) is 2.39. The summed E-state index contributed by atoms with van der Waals surface area (Å²) in [6.45, 7) is 0. The average Bonchev–Trinajstić information content (AvgIpc) is 2.76. The number of pyridine rings is 1. The first-order chi connectivity index (χ1) is 8.31. The van der Waals surface area contributed by atoms with Gasteiger partial charge in [0.2, 0.25) is 0 Å². The first kappa shape index (κ1) is 10.0. The van der Waals surface area contributed by atoms with E-state index in [9.17, 15) is 0 Å². The maximum Gasteiger partial charge on any atom is 0.132 e. The Hall–Kier alpha value is -2.14. The molecule has 84 valence electrons. The van der Waals surface area contributed by atoms with Crippen LogP contribution in [0, 0.1) is 0 Å². The highest BCUT2D eigenvalue weighted by Gasteiger charge is 2.00. The van der Waals surface area contributed by atoms with Gasteiger partial charge in [0.1, 0.15) is 5.82 Å². The van der Waals surface area contributed by atoms with Gasteiger partial charge in [0.25, 0.3) is 0 Å². The van der Waals surface area contributed by atoms with Crippen molar-refractivity contribution in [2.45, 2.75) is 0 Å². The Morgan fingerprint density at radius 2 is 2.06 bits per heavy atom. The molecular formula is C12H10N4S. The standard InChI is InChI=1S/C12H10N4S/c13-8-3-4-14-12(5-8)16-9-1-2-10-11(6-9)17-7-15-10/h1-7H,(H3,13,14,16). The summed E-state index contributed by atoms with van der Waals surface area (Å²) in [6, 6.07) is 9.58. The predicted octanol–water partition coefficient (Wildman–Crippen LogP) is 3.02. The fourth-order valence-corrected chi connectivity index (χ4v) is 2.31. The van der Waals surface area contributed by atoms with Crippen molar-refractivity contribution in [1.29, 1.82) is 0 Å². The van der Waals surface area contributed by atoms with Gasteiger partial charge in [0.05, 0.1) is 15.7 Å². The third kappa shape index (κ3) is 2.05. The van der Waals surface area contributed by atoms with Gasteiger partial charge >= 0.3 is 0 Å². The van der Waals surface area contributed by atoms with E-state index >= 15 is 0 Å². The van der Waals surface area contributed by atoms with Crippen LogP contribution in [0.25, 0.3) is 10.2 Å². The van der Waals surface area contributed by atoms with Crippen molar-refractivity contribution in [3.05, 3.63) is 42.0 Å². The molecule has 0 aliphatic rings. The molecule has 2 heterocycles. The maximum atomic E-state index is 5.70. The summed E-state index contributed by atoms with van der Waals surface area (Å²) in [6.07, 6.45) is 1.68. The molecule has 0 bridgehead atoms. The molecule has 0 spiro atoms. The molecule has 3 aromatic rings.